The normalized spacial score (nSPS) is 13.1. The molecule has 6 nitrogen and oxygen atoms in total. The molecule has 2 heterocycles. The lowest BCUT2D eigenvalue weighted by atomic mass is 10.1. The average molecular weight is 296 g/mol. The van der Waals surface area contributed by atoms with E-state index in [-0.39, 0.29) is 17.8 Å². The number of fused-ring (bicyclic) bond motifs is 1. The van der Waals surface area contributed by atoms with Crippen LogP contribution in [0.1, 0.15) is 63.2 Å². The zero-order valence-electron chi connectivity index (χ0n) is 12.3. The van der Waals surface area contributed by atoms with Crippen molar-refractivity contribution in [3.8, 4) is 0 Å². The van der Waals surface area contributed by atoms with Crippen LogP contribution in [-0.2, 0) is 9.53 Å². The van der Waals surface area contributed by atoms with Crippen molar-refractivity contribution in [3.63, 3.8) is 0 Å². The molecular weight excluding hydrogens is 276 g/mol. The quantitative estimate of drug-likeness (QED) is 0.767. The standard InChI is InChI=1S/C13H20N4O2S/c1-5-7-9(12(18)19-6-2)11-16-17-10(8(3)4)14-15-13(17)20-11/h8-9H,5-7H2,1-4H3. The van der Waals surface area contributed by atoms with Gasteiger partial charge in [-0.05, 0) is 13.3 Å². The highest BCUT2D eigenvalue weighted by Crippen LogP contribution is 2.28. The summed E-state index contributed by atoms with van der Waals surface area (Å²) in [5, 5.41) is 13.5. The molecule has 0 spiro atoms. The van der Waals surface area contributed by atoms with Crippen LogP contribution in [0.15, 0.2) is 0 Å². The molecule has 7 heteroatoms. The number of rotatable bonds is 6. The highest BCUT2D eigenvalue weighted by atomic mass is 32.1. The Balaban J connectivity index is 2.36. The van der Waals surface area contributed by atoms with E-state index in [1.54, 1.807) is 4.52 Å². The summed E-state index contributed by atoms with van der Waals surface area (Å²) in [5.41, 5.74) is 0. The van der Waals surface area contributed by atoms with Crippen LogP contribution in [0.5, 0.6) is 0 Å². The van der Waals surface area contributed by atoms with Gasteiger partial charge < -0.3 is 4.74 Å². The Morgan fingerprint density at radius 2 is 2.10 bits per heavy atom. The number of ether oxygens (including phenoxy) is 1. The molecule has 2 aromatic rings. The van der Waals surface area contributed by atoms with Gasteiger partial charge in [-0.3, -0.25) is 4.79 Å². The number of hydrogen-bond acceptors (Lipinski definition) is 6. The Morgan fingerprint density at radius 3 is 2.70 bits per heavy atom. The second-order valence-electron chi connectivity index (χ2n) is 4.94. The maximum atomic E-state index is 12.1. The number of nitrogens with zero attached hydrogens (tertiary/aromatic N) is 4. The third-order valence-electron chi connectivity index (χ3n) is 2.99. The number of aromatic nitrogens is 4. The van der Waals surface area contributed by atoms with E-state index in [9.17, 15) is 4.79 Å². The zero-order valence-corrected chi connectivity index (χ0v) is 13.1. The van der Waals surface area contributed by atoms with Gasteiger partial charge in [0.2, 0.25) is 4.96 Å². The Labute approximate surface area is 122 Å². The third kappa shape index (κ3) is 2.82. The van der Waals surface area contributed by atoms with Gasteiger partial charge in [0, 0.05) is 5.92 Å². The molecule has 0 saturated heterocycles. The predicted molar refractivity (Wildman–Crippen MR) is 77.0 cm³/mol. The van der Waals surface area contributed by atoms with Crippen molar-refractivity contribution in [1.29, 1.82) is 0 Å². The van der Waals surface area contributed by atoms with Gasteiger partial charge in [-0.15, -0.1) is 10.2 Å². The van der Waals surface area contributed by atoms with Crippen LogP contribution in [0.25, 0.3) is 4.96 Å². The molecular formula is C13H20N4O2S. The molecule has 0 bridgehead atoms. The lowest BCUT2D eigenvalue weighted by molar-refractivity contribution is -0.145. The zero-order chi connectivity index (χ0) is 14.7. The van der Waals surface area contributed by atoms with Crippen LogP contribution in [0, 0.1) is 0 Å². The van der Waals surface area contributed by atoms with Crippen LogP contribution in [0.4, 0.5) is 0 Å². The van der Waals surface area contributed by atoms with Crippen molar-refractivity contribution >= 4 is 22.3 Å². The fraction of sp³-hybridized carbons (Fsp3) is 0.692. The van der Waals surface area contributed by atoms with E-state index in [0.717, 1.165) is 28.6 Å². The highest BCUT2D eigenvalue weighted by molar-refractivity contribution is 7.16. The van der Waals surface area contributed by atoms with E-state index in [4.69, 9.17) is 4.74 Å². The van der Waals surface area contributed by atoms with Gasteiger partial charge in [0.15, 0.2) is 5.82 Å². The summed E-state index contributed by atoms with van der Waals surface area (Å²) in [6.45, 7) is 8.34. The van der Waals surface area contributed by atoms with Gasteiger partial charge >= 0.3 is 5.97 Å². The summed E-state index contributed by atoms with van der Waals surface area (Å²) in [4.78, 5) is 12.8. The molecule has 0 aliphatic carbocycles. The molecule has 0 aromatic carbocycles. The molecule has 0 amide bonds. The van der Waals surface area contributed by atoms with Crippen molar-refractivity contribution in [2.24, 2.45) is 0 Å². The summed E-state index contributed by atoms with van der Waals surface area (Å²) in [7, 11) is 0. The first-order chi connectivity index (χ1) is 9.58. The largest absolute Gasteiger partial charge is 0.465 e. The van der Waals surface area contributed by atoms with Crippen LogP contribution in [-0.4, -0.2) is 32.4 Å². The van der Waals surface area contributed by atoms with E-state index in [1.807, 2.05) is 27.7 Å². The number of carbonyl (C=O) groups excluding carboxylic acids is 1. The second kappa shape index (κ2) is 6.30. The highest BCUT2D eigenvalue weighted by Gasteiger charge is 2.26. The molecule has 2 aromatic heterocycles. The molecule has 0 aliphatic heterocycles. The summed E-state index contributed by atoms with van der Waals surface area (Å²) in [6, 6.07) is 0. The second-order valence-corrected chi connectivity index (χ2v) is 5.93. The van der Waals surface area contributed by atoms with Gasteiger partial charge in [-0.1, -0.05) is 38.5 Å². The minimum absolute atomic E-state index is 0.203. The average Bonchev–Trinajstić information content (AvgIpc) is 2.95. The molecule has 2 rings (SSSR count). The predicted octanol–water partition coefficient (Wildman–Crippen LogP) is 2.76. The third-order valence-corrected chi connectivity index (χ3v) is 4.01. The topological polar surface area (TPSA) is 69.4 Å². The summed E-state index contributed by atoms with van der Waals surface area (Å²) in [6.07, 6.45) is 1.64. The summed E-state index contributed by atoms with van der Waals surface area (Å²) >= 11 is 1.42. The Hall–Kier alpha value is -1.50. The van der Waals surface area contributed by atoms with Crippen LogP contribution >= 0.6 is 11.3 Å². The van der Waals surface area contributed by atoms with Gasteiger partial charge in [-0.25, -0.2) is 0 Å². The maximum absolute atomic E-state index is 12.1. The van der Waals surface area contributed by atoms with Crippen molar-refractivity contribution in [2.45, 2.75) is 52.4 Å². The fourth-order valence-electron chi connectivity index (χ4n) is 2.02. The number of esters is 1. The Bertz CT molecular complexity index is 590. The molecule has 1 unspecified atom stereocenters. The summed E-state index contributed by atoms with van der Waals surface area (Å²) < 4.78 is 6.89. The van der Waals surface area contributed by atoms with Gasteiger partial charge in [-0.2, -0.15) is 9.61 Å². The van der Waals surface area contributed by atoms with E-state index in [1.165, 1.54) is 11.3 Å². The summed E-state index contributed by atoms with van der Waals surface area (Å²) in [5.74, 6) is 0.561. The van der Waals surface area contributed by atoms with E-state index >= 15 is 0 Å². The molecule has 0 N–H and O–H groups in total. The first kappa shape index (κ1) is 14.9. The lowest BCUT2D eigenvalue weighted by Crippen LogP contribution is -2.16. The Morgan fingerprint density at radius 1 is 1.35 bits per heavy atom. The van der Waals surface area contributed by atoms with Gasteiger partial charge in [0.1, 0.15) is 10.9 Å². The number of carbonyl (C=O) groups is 1. The van der Waals surface area contributed by atoms with Gasteiger partial charge in [0.05, 0.1) is 6.61 Å². The Kier molecular flexibility index (Phi) is 4.69. The monoisotopic (exact) mass is 296 g/mol. The van der Waals surface area contributed by atoms with Crippen molar-refractivity contribution < 1.29 is 9.53 Å². The fourth-order valence-corrected chi connectivity index (χ4v) is 2.99. The molecule has 20 heavy (non-hydrogen) atoms. The SMILES string of the molecule is CCCC(C(=O)OCC)c1nn2c(C(C)C)nnc2s1. The molecule has 0 radical (unpaired) electrons. The molecule has 0 aliphatic rings. The first-order valence-electron chi connectivity index (χ1n) is 6.97. The van der Waals surface area contributed by atoms with E-state index < -0.39 is 0 Å². The molecule has 110 valence electrons. The minimum atomic E-state index is -0.299. The van der Waals surface area contributed by atoms with Crippen molar-refractivity contribution in [2.75, 3.05) is 6.61 Å². The van der Waals surface area contributed by atoms with E-state index in [0.29, 0.717) is 6.61 Å². The molecule has 0 fully saturated rings. The maximum Gasteiger partial charge on any atom is 0.315 e. The van der Waals surface area contributed by atoms with E-state index in [2.05, 4.69) is 15.3 Å². The van der Waals surface area contributed by atoms with Crippen LogP contribution < -0.4 is 0 Å². The van der Waals surface area contributed by atoms with Crippen molar-refractivity contribution in [1.82, 2.24) is 19.8 Å². The smallest absolute Gasteiger partial charge is 0.315 e. The molecule has 1 atom stereocenters. The first-order valence-corrected chi connectivity index (χ1v) is 7.78. The van der Waals surface area contributed by atoms with Crippen molar-refractivity contribution in [3.05, 3.63) is 10.8 Å². The molecule has 0 saturated carbocycles. The lowest BCUT2D eigenvalue weighted by Gasteiger charge is -2.11. The van der Waals surface area contributed by atoms with Crippen LogP contribution in [0.2, 0.25) is 0 Å². The number of hydrogen-bond donors (Lipinski definition) is 0. The van der Waals surface area contributed by atoms with Gasteiger partial charge in [0.25, 0.3) is 0 Å². The van der Waals surface area contributed by atoms with Crippen LogP contribution in [0.3, 0.4) is 0 Å². The minimum Gasteiger partial charge on any atom is -0.465 e.